The molecule has 7 nitrogen and oxygen atoms in total. The van der Waals surface area contributed by atoms with Gasteiger partial charge in [0.2, 0.25) is 5.91 Å². The molecule has 0 bridgehead atoms. The van der Waals surface area contributed by atoms with Crippen molar-refractivity contribution >= 4 is 35.0 Å². The van der Waals surface area contributed by atoms with Gasteiger partial charge < -0.3 is 15.2 Å². The van der Waals surface area contributed by atoms with Crippen LogP contribution in [0.4, 0.5) is 0 Å². The zero-order chi connectivity index (χ0) is 19.1. The number of rotatable bonds is 7. The van der Waals surface area contributed by atoms with Crippen LogP contribution in [0.1, 0.15) is 17.5 Å². The molecular formula is C19H17N3O4S. The number of nitrogens with one attached hydrogen (secondary N) is 1. The van der Waals surface area contributed by atoms with Gasteiger partial charge in [0.05, 0.1) is 12.6 Å². The van der Waals surface area contributed by atoms with Crippen molar-refractivity contribution in [2.24, 2.45) is 10.2 Å². The average molecular weight is 383 g/mol. The van der Waals surface area contributed by atoms with E-state index < -0.39 is 11.2 Å². The second-order valence-electron chi connectivity index (χ2n) is 5.69. The van der Waals surface area contributed by atoms with Gasteiger partial charge in [-0.2, -0.15) is 5.10 Å². The van der Waals surface area contributed by atoms with E-state index in [1.807, 2.05) is 54.6 Å². The van der Waals surface area contributed by atoms with Crippen molar-refractivity contribution in [2.45, 2.75) is 18.3 Å². The third-order valence-electron chi connectivity index (χ3n) is 3.60. The first-order valence-corrected chi connectivity index (χ1v) is 9.05. The van der Waals surface area contributed by atoms with Crippen molar-refractivity contribution in [1.29, 1.82) is 0 Å². The van der Waals surface area contributed by atoms with Gasteiger partial charge in [-0.3, -0.25) is 9.59 Å². The summed E-state index contributed by atoms with van der Waals surface area (Å²) >= 11 is 1.06. The van der Waals surface area contributed by atoms with Crippen LogP contribution in [-0.4, -0.2) is 33.6 Å². The number of carbonyl (C=O) groups is 2. The normalized spacial score (nSPS) is 18.0. The predicted molar refractivity (Wildman–Crippen MR) is 104 cm³/mol. The van der Waals surface area contributed by atoms with Gasteiger partial charge in [0.15, 0.2) is 5.17 Å². The lowest BCUT2D eigenvalue weighted by molar-refractivity contribution is -0.138. The molecule has 1 saturated heterocycles. The molecule has 0 aromatic heterocycles. The van der Waals surface area contributed by atoms with Crippen LogP contribution < -0.4 is 10.1 Å². The number of hydrogen-bond acceptors (Lipinski definition) is 6. The second-order valence-corrected chi connectivity index (χ2v) is 6.88. The number of thioether (sulfide) groups is 1. The maximum absolute atomic E-state index is 11.6. The fourth-order valence-corrected chi connectivity index (χ4v) is 3.23. The quantitative estimate of drug-likeness (QED) is 0.566. The second kappa shape index (κ2) is 9.00. The van der Waals surface area contributed by atoms with Crippen LogP contribution in [-0.2, 0) is 16.2 Å². The van der Waals surface area contributed by atoms with Crippen LogP contribution in [0.3, 0.4) is 0 Å². The summed E-state index contributed by atoms with van der Waals surface area (Å²) in [6.07, 6.45) is 1.29. The lowest BCUT2D eigenvalue weighted by Crippen LogP contribution is -2.26. The molecule has 1 amide bonds. The van der Waals surface area contributed by atoms with Crippen molar-refractivity contribution in [3.05, 3.63) is 65.7 Å². The first kappa shape index (κ1) is 18.7. The van der Waals surface area contributed by atoms with Gasteiger partial charge in [0.1, 0.15) is 17.6 Å². The lowest BCUT2D eigenvalue weighted by Gasteiger charge is -2.06. The molecule has 0 spiro atoms. The Labute approximate surface area is 160 Å². The standard InChI is InChI=1S/C19H17N3O4S/c23-17(24)10-16-18(25)21-19(27-16)22-20-11-14-7-4-8-15(9-14)26-12-13-5-2-1-3-6-13/h1-9,11,16H,10,12H2,(H,23,24)(H,21,22,25). The zero-order valence-electron chi connectivity index (χ0n) is 14.2. The summed E-state index contributed by atoms with van der Waals surface area (Å²) in [7, 11) is 0. The van der Waals surface area contributed by atoms with Crippen molar-refractivity contribution in [1.82, 2.24) is 5.32 Å². The van der Waals surface area contributed by atoms with Gasteiger partial charge in [0, 0.05) is 0 Å². The van der Waals surface area contributed by atoms with Crippen molar-refractivity contribution in [2.75, 3.05) is 0 Å². The molecule has 0 saturated carbocycles. The maximum atomic E-state index is 11.6. The van der Waals surface area contributed by atoms with E-state index in [4.69, 9.17) is 9.84 Å². The maximum Gasteiger partial charge on any atom is 0.305 e. The summed E-state index contributed by atoms with van der Waals surface area (Å²) in [5.74, 6) is -0.687. The van der Waals surface area contributed by atoms with E-state index in [2.05, 4.69) is 15.5 Å². The van der Waals surface area contributed by atoms with Crippen molar-refractivity contribution in [3.63, 3.8) is 0 Å². The van der Waals surface area contributed by atoms with E-state index in [1.54, 1.807) is 6.21 Å². The number of amides is 1. The van der Waals surface area contributed by atoms with Gasteiger partial charge in [0.25, 0.3) is 0 Å². The molecule has 1 atom stereocenters. The minimum absolute atomic E-state index is 0.250. The molecule has 2 aromatic carbocycles. The third kappa shape index (κ3) is 5.68. The fourth-order valence-electron chi connectivity index (χ4n) is 2.32. The molecule has 2 aromatic rings. The van der Waals surface area contributed by atoms with E-state index >= 15 is 0 Å². The SMILES string of the molecule is O=C(O)CC1SC(=NN=Cc2cccc(OCc3ccccc3)c2)NC1=O. The zero-order valence-corrected chi connectivity index (χ0v) is 15.1. The molecule has 0 aliphatic carbocycles. The third-order valence-corrected chi connectivity index (χ3v) is 4.67. The number of ether oxygens (including phenoxy) is 1. The Morgan fingerprint density at radius 1 is 1.22 bits per heavy atom. The molecule has 1 unspecified atom stereocenters. The van der Waals surface area contributed by atoms with E-state index in [-0.39, 0.29) is 12.3 Å². The van der Waals surface area contributed by atoms with Gasteiger partial charge in [-0.15, -0.1) is 5.10 Å². The van der Waals surface area contributed by atoms with Crippen molar-refractivity contribution in [3.8, 4) is 5.75 Å². The molecule has 27 heavy (non-hydrogen) atoms. The molecular weight excluding hydrogens is 366 g/mol. The first-order valence-electron chi connectivity index (χ1n) is 8.17. The van der Waals surface area contributed by atoms with E-state index in [9.17, 15) is 9.59 Å². The van der Waals surface area contributed by atoms with Crippen LogP contribution >= 0.6 is 11.8 Å². The molecule has 3 rings (SSSR count). The molecule has 138 valence electrons. The number of carboxylic acids is 1. The lowest BCUT2D eigenvalue weighted by atomic mass is 10.2. The monoisotopic (exact) mass is 383 g/mol. The molecule has 0 radical (unpaired) electrons. The van der Waals surface area contributed by atoms with Gasteiger partial charge in [-0.25, -0.2) is 0 Å². The van der Waals surface area contributed by atoms with Crippen LogP contribution in [0.5, 0.6) is 5.75 Å². The average Bonchev–Trinajstić information content (AvgIpc) is 3.00. The van der Waals surface area contributed by atoms with Crippen LogP contribution in [0.2, 0.25) is 0 Å². The fraction of sp³-hybridized carbons (Fsp3) is 0.158. The Balaban J connectivity index is 1.57. The minimum atomic E-state index is -1.03. The van der Waals surface area contributed by atoms with E-state index in [1.165, 1.54) is 0 Å². The summed E-state index contributed by atoms with van der Waals surface area (Å²) in [5, 5.41) is 18.8. The van der Waals surface area contributed by atoms with Crippen LogP contribution in [0.15, 0.2) is 64.8 Å². The van der Waals surface area contributed by atoms with Crippen LogP contribution in [0, 0.1) is 0 Å². The molecule has 1 aliphatic rings. The highest BCUT2D eigenvalue weighted by atomic mass is 32.2. The summed E-state index contributed by atoms with van der Waals surface area (Å²) in [6.45, 7) is 0.470. The molecule has 1 fully saturated rings. The number of benzene rings is 2. The highest BCUT2D eigenvalue weighted by molar-refractivity contribution is 8.15. The van der Waals surface area contributed by atoms with Gasteiger partial charge in [-0.05, 0) is 23.3 Å². The first-order chi connectivity index (χ1) is 13.1. The number of aliphatic carboxylic acids is 1. The van der Waals surface area contributed by atoms with Crippen molar-refractivity contribution < 1.29 is 19.4 Å². The Kier molecular flexibility index (Phi) is 6.22. The molecule has 8 heteroatoms. The Morgan fingerprint density at radius 2 is 2.04 bits per heavy atom. The van der Waals surface area contributed by atoms with E-state index in [0.29, 0.717) is 17.5 Å². The number of nitrogens with zero attached hydrogens (tertiary/aromatic N) is 2. The molecule has 2 N–H and O–H groups in total. The number of hydrogen-bond donors (Lipinski definition) is 2. The summed E-state index contributed by atoms with van der Waals surface area (Å²) in [6, 6.07) is 17.3. The Hall–Kier alpha value is -3.13. The highest BCUT2D eigenvalue weighted by Gasteiger charge is 2.32. The predicted octanol–water partition coefficient (Wildman–Crippen LogP) is 2.66. The topological polar surface area (TPSA) is 100 Å². The summed E-state index contributed by atoms with van der Waals surface area (Å²) in [4.78, 5) is 22.3. The molecule has 1 aliphatic heterocycles. The highest BCUT2D eigenvalue weighted by Crippen LogP contribution is 2.22. The Morgan fingerprint density at radius 3 is 2.81 bits per heavy atom. The minimum Gasteiger partial charge on any atom is -0.489 e. The number of carbonyl (C=O) groups excluding carboxylic acids is 1. The molecule has 1 heterocycles. The summed E-state index contributed by atoms with van der Waals surface area (Å²) < 4.78 is 5.76. The van der Waals surface area contributed by atoms with Gasteiger partial charge >= 0.3 is 5.97 Å². The van der Waals surface area contributed by atoms with Gasteiger partial charge in [-0.1, -0.05) is 54.2 Å². The Bertz CT molecular complexity index is 884. The van der Waals surface area contributed by atoms with Crippen LogP contribution in [0.25, 0.3) is 0 Å². The van der Waals surface area contributed by atoms with E-state index in [0.717, 1.165) is 22.9 Å². The number of amidine groups is 1. The number of carboxylic acid groups (broad SMARTS) is 1. The smallest absolute Gasteiger partial charge is 0.305 e. The largest absolute Gasteiger partial charge is 0.489 e. The summed E-state index contributed by atoms with van der Waals surface area (Å²) in [5.41, 5.74) is 1.87.